The summed E-state index contributed by atoms with van der Waals surface area (Å²) in [7, 11) is 0. The highest BCUT2D eigenvalue weighted by Crippen LogP contribution is 2.32. The van der Waals surface area contributed by atoms with Gasteiger partial charge in [0.1, 0.15) is 23.0 Å². The quantitative estimate of drug-likeness (QED) is 0.292. The molecule has 2 aromatic heterocycles. The van der Waals surface area contributed by atoms with Gasteiger partial charge >= 0.3 is 5.69 Å². The molecule has 174 valence electrons. The molecule has 11 heteroatoms. The molecule has 0 spiro atoms. The molecule has 1 aliphatic rings. The van der Waals surface area contributed by atoms with Gasteiger partial charge in [0.2, 0.25) is 5.95 Å². The second kappa shape index (κ2) is 8.61. The summed E-state index contributed by atoms with van der Waals surface area (Å²) in [6, 6.07) is 10.1. The molecule has 6 N–H and O–H groups in total. The summed E-state index contributed by atoms with van der Waals surface area (Å²) >= 11 is 0. The maximum atomic E-state index is 12.7. The summed E-state index contributed by atoms with van der Waals surface area (Å²) in [5, 5.41) is 32.9. The summed E-state index contributed by atoms with van der Waals surface area (Å²) < 4.78 is 0.922. The van der Waals surface area contributed by atoms with E-state index in [2.05, 4.69) is 31.2 Å². The van der Waals surface area contributed by atoms with Crippen LogP contribution in [0.1, 0.15) is 11.1 Å². The van der Waals surface area contributed by atoms with Crippen molar-refractivity contribution in [3.63, 3.8) is 0 Å². The molecule has 0 radical (unpaired) electrons. The van der Waals surface area contributed by atoms with Gasteiger partial charge in [-0.1, -0.05) is 12.1 Å². The molecular weight excluding hydrogens is 438 g/mol. The van der Waals surface area contributed by atoms with Gasteiger partial charge in [0.15, 0.2) is 5.65 Å². The Morgan fingerprint density at radius 2 is 1.88 bits per heavy atom. The number of benzene rings is 2. The van der Waals surface area contributed by atoms with Crippen LogP contribution in [0, 0.1) is 0 Å². The van der Waals surface area contributed by atoms with Crippen LogP contribution in [0.15, 0.2) is 47.4 Å². The highest BCUT2D eigenvalue weighted by molar-refractivity contribution is 5.86. The monoisotopic (exact) mass is 461 g/mol. The van der Waals surface area contributed by atoms with E-state index in [1.54, 1.807) is 0 Å². The van der Waals surface area contributed by atoms with Crippen molar-refractivity contribution >= 4 is 28.5 Å². The van der Waals surface area contributed by atoms with Gasteiger partial charge in [-0.15, -0.1) is 0 Å². The molecule has 1 aliphatic heterocycles. The maximum absolute atomic E-state index is 12.7. The van der Waals surface area contributed by atoms with Crippen LogP contribution in [0.25, 0.3) is 16.7 Å². The Bertz CT molecular complexity index is 1430. The van der Waals surface area contributed by atoms with Gasteiger partial charge in [-0.2, -0.15) is 9.97 Å². The van der Waals surface area contributed by atoms with Crippen LogP contribution in [0.3, 0.4) is 0 Å². The van der Waals surface area contributed by atoms with E-state index in [9.17, 15) is 20.1 Å². The van der Waals surface area contributed by atoms with E-state index in [1.165, 1.54) is 35.5 Å². The number of rotatable bonds is 5. The standard InChI is InChI=1S/C23H23N7O4/c24-20-16-11-25-22(26-15-5-4-13-6-7-29(8-9-31)12-14(13)10-15)27-21(16)28-23(34)30(20)19-17(32)2-1-3-18(19)33/h1-5,10-11,31-33H,6-9,12,24H2,(H,26,27,28,34). The van der Waals surface area contributed by atoms with Crippen molar-refractivity contribution in [1.29, 1.82) is 0 Å². The van der Waals surface area contributed by atoms with Crippen LogP contribution in [-0.2, 0) is 13.0 Å². The molecule has 0 atom stereocenters. The van der Waals surface area contributed by atoms with Crippen LogP contribution < -0.4 is 16.7 Å². The molecule has 0 aliphatic carbocycles. The number of para-hydroxylation sites is 1. The van der Waals surface area contributed by atoms with Gasteiger partial charge in [0.05, 0.1) is 12.0 Å². The topological polar surface area (TPSA) is 163 Å². The van der Waals surface area contributed by atoms with E-state index in [4.69, 9.17) is 5.73 Å². The van der Waals surface area contributed by atoms with Crippen molar-refractivity contribution in [2.24, 2.45) is 0 Å². The fraction of sp³-hybridized carbons (Fsp3) is 0.217. The van der Waals surface area contributed by atoms with Crippen molar-refractivity contribution in [2.75, 3.05) is 30.7 Å². The SMILES string of the molecule is Nc1c2cnc(Nc3ccc4c(c3)CN(CCO)CC4)nc2nc(=O)n1-c1c(O)cccc1O. The van der Waals surface area contributed by atoms with E-state index in [-0.39, 0.29) is 46.6 Å². The maximum Gasteiger partial charge on any atom is 0.356 e. The van der Waals surface area contributed by atoms with E-state index in [0.717, 1.165) is 29.8 Å². The smallest absolute Gasteiger partial charge is 0.356 e. The summed E-state index contributed by atoms with van der Waals surface area (Å²) in [4.78, 5) is 27.5. The first-order valence-corrected chi connectivity index (χ1v) is 10.7. The number of hydrogen-bond acceptors (Lipinski definition) is 10. The third kappa shape index (κ3) is 3.87. The van der Waals surface area contributed by atoms with Crippen LogP contribution in [0.5, 0.6) is 11.5 Å². The van der Waals surface area contributed by atoms with Gasteiger partial charge in [-0.25, -0.2) is 14.3 Å². The third-order valence-electron chi connectivity index (χ3n) is 5.87. The number of nitrogen functional groups attached to an aromatic ring is 1. The number of aliphatic hydroxyl groups excluding tert-OH is 1. The second-order valence-electron chi connectivity index (χ2n) is 8.05. The number of anilines is 3. The molecule has 0 saturated carbocycles. The summed E-state index contributed by atoms with van der Waals surface area (Å²) in [6.45, 7) is 2.42. The van der Waals surface area contributed by atoms with Crippen LogP contribution in [0.2, 0.25) is 0 Å². The van der Waals surface area contributed by atoms with E-state index in [0.29, 0.717) is 6.54 Å². The molecule has 0 bridgehead atoms. The minimum atomic E-state index is -0.802. The zero-order valence-electron chi connectivity index (χ0n) is 18.1. The lowest BCUT2D eigenvalue weighted by molar-refractivity contribution is 0.184. The lowest BCUT2D eigenvalue weighted by Crippen LogP contribution is -2.32. The van der Waals surface area contributed by atoms with Gasteiger partial charge in [-0.3, -0.25) is 4.90 Å². The fourth-order valence-electron chi connectivity index (χ4n) is 4.18. The molecule has 0 unspecified atom stereocenters. The average molecular weight is 461 g/mol. The average Bonchev–Trinajstić information content (AvgIpc) is 2.81. The zero-order valence-corrected chi connectivity index (χ0v) is 18.1. The molecular formula is C23H23N7O4. The number of aliphatic hydroxyl groups is 1. The van der Waals surface area contributed by atoms with Crippen molar-refractivity contribution in [3.05, 3.63) is 64.2 Å². The molecule has 5 rings (SSSR count). The lowest BCUT2D eigenvalue weighted by Gasteiger charge is -2.28. The Morgan fingerprint density at radius 1 is 1.09 bits per heavy atom. The first-order chi connectivity index (χ1) is 16.4. The first-order valence-electron chi connectivity index (χ1n) is 10.7. The number of phenolic OH excluding ortho intramolecular Hbond substituents is 2. The number of phenols is 2. The predicted octanol–water partition coefficient (Wildman–Crippen LogP) is 1.26. The van der Waals surface area contributed by atoms with Crippen molar-refractivity contribution < 1.29 is 15.3 Å². The summed E-state index contributed by atoms with van der Waals surface area (Å²) in [5.41, 5.74) is 8.52. The van der Waals surface area contributed by atoms with Gasteiger partial charge in [-0.05, 0) is 41.8 Å². The largest absolute Gasteiger partial charge is 0.506 e. The molecule has 4 aromatic rings. The van der Waals surface area contributed by atoms with Gasteiger partial charge in [0.25, 0.3) is 0 Å². The second-order valence-corrected chi connectivity index (χ2v) is 8.05. The number of fused-ring (bicyclic) bond motifs is 2. The summed E-state index contributed by atoms with van der Waals surface area (Å²) in [5.74, 6) is -0.459. The van der Waals surface area contributed by atoms with Crippen molar-refractivity contribution in [3.8, 4) is 17.2 Å². The van der Waals surface area contributed by atoms with Gasteiger partial charge in [0, 0.05) is 31.5 Å². The predicted molar refractivity (Wildman–Crippen MR) is 126 cm³/mol. The van der Waals surface area contributed by atoms with Gasteiger partial charge < -0.3 is 26.4 Å². The minimum absolute atomic E-state index is 0.0592. The number of nitrogens with zero attached hydrogens (tertiary/aromatic N) is 5. The molecule has 34 heavy (non-hydrogen) atoms. The molecule has 11 nitrogen and oxygen atoms in total. The number of β-amino-alcohol motifs (C(OH)–C–C–N with tert-alkyl or cyclic N) is 1. The molecule has 3 heterocycles. The van der Waals surface area contributed by atoms with E-state index < -0.39 is 5.69 Å². The zero-order chi connectivity index (χ0) is 23.8. The Kier molecular flexibility index (Phi) is 5.48. The number of nitrogens with two attached hydrogens (primary N) is 1. The number of aromatic hydroxyl groups is 2. The third-order valence-corrected chi connectivity index (χ3v) is 5.87. The Labute approximate surface area is 193 Å². The molecule has 2 aromatic carbocycles. The Balaban J connectivity index is 1.48. The molecule has 0 amide bonds. The van der Waals surface area contributed by atoms with Crippen molar-refractivity contribution in [1.82, 2.24) is 24.4 Å². The molecule has 0 fully saturated rings. The minimum Gasteiger partial charge on any atom is -0.506 e. The highest BCUT2D eigenvalue weighted by Gasteiger charge is 2.19. The lowest BCUT2D eigenvalue weighted by atomic mass is 9.99. The fourth-order valence-corrected chi connectivity index (χ4v) is 4.18. The van der Waals surface area contributed by atoms with Crippen LogP contribution in [-0.4, -0.2) is 59.4 Å². The number of aromatic nitrogens is 4. The Hall–Kier alpha value is -4.22. The summed E-state index contributed by atoms with van der Waals surface area (Å²) in [6.07, 6.45) is 2.35. The number of hydrogen-bond donors (Lipinski definition) is 5. The normalized spacial score (nSPS) is 13.7. The first kappa shape index (κ1) is 21.6. The number of nitrogens with one attached hydrogen (secondary N) is 1. The van der Waals surface area contributed by atoms with E-state index in [1.807, 2.05) is 12.1 Å². The van der Waals surface area contributed by atoms with Crippen LogP contribution in [0.4, 0.5) is 17.5 Å². The van der Waals surface area contributed by atoms with Crippen LogP contribution >= 0.6 is 0 Å². The molecule has 0 saturated heterocycles. The Morgan fingerprint density at radius 3 is 2.65 bits per heavy atom. The highest BCUT2D eigenvalue weighted by atomic mass is 16.3. The van der Waals surface area contributed by atoms with E-state index >= 15 is 0 Å². The van der Waals surface area contributed by atoms with Crippen molar-refractivity contribution in [2.45, 2.75) is 13.0 Å².